The van der Waals surface area contributed by atoms with Gasteiger partial charge in [0.1, 0.15) is 5.75 Å². The Morgan fingerprint density at radius 1 is 1.19 bits per heavy atom. The Morgan fingerprint density at radius 3 is 2.37 bits per heavy atom. The number of carbonyl (C=O) groups is 2. The van der Waals surface area contributed by atoms with Gasteiger partial charge in [0.25, 0.3) is 0 Å². The topological polar surface area (TPSA) is 88.5 Å². The first-order valence-corrected chi connectivity index (χ1v) is 7.91. The number of aromatic nitrogens is 1. The van der Waals surface area contributed by atoms with Crippen molar-refractivity contribution in [3.05, 3.63) is 59.4 Å². The molecule has 0 saturated carbocycles. The number of carboxylic acids is 1. The van der Waals surface area contributed by atoms with Crippen molar-refractivity contribution >= 4 is 11.9 Å². The molecule has 9 heteroatoms. The van der Waals surface area contributed by atoms with Crippen LogP contribution in [0.5, 0.6) is 5.75 Å². The molecule has 0 fully saturated rings. The van der Waals surface area contributed by atoms with E-state index < -0.39 is 36.5 Å². The van der Waals surface area contributed by atoms with E-state index in [0.29, 0.717) is 11.1 Å². The van der Waals surface area contributed by atoms with Crippen LogP contribution in [-0.4, -0.2) is 28.3 Å². The number of halogens is 3. The molecule has 144 valence electrons. The summed E-state index contributed by atoms with van der Waals surface area (Å²) in [7, 11) is 0. The summed E-state index contributed by atoms with van der Waals surface area (Å²) in [5.41, 5.74) is 1.80. The second-order valence-corrected chi connectivity index (χ2v) is 5.82. The van der Waals surface area contributed by atoms with Gasteiger partial charge >= 0.3 is 12.3 Å². The minimum atomic E-state index is -4.82. The summed E-state index contributed by atoms with van der Waals surface area (Å²) in [6, 6.07) is 7.27. The lowest BCUT2D eigenvalue weighted by atomic mass is 10.0. The van der Waals surface area contributed by atoms with Crippen LogP contribution in [-0.2, 0) is 16.0 Å². The lowest BCUT2D eigenvalue weighted by Gasteiger charge is -2.18. The highest BCUT2D eigenvalue weighted by atomic mass is 19.4. The fourth-order valence-electron chi connectivity index (χ4n) is 2.36. The van der Waals surface area contributed by atoms with Crippen molar-refractivity contribution in [2.75, 3.05) is 0 Å². The first kappa shape index (κ1) is 20.2. The molecule has 6 nitrogen and oxygen atoms in total. The van der Waals surface area contributed by atoms with E-state index in [0.717, 1.165) is 17.8 Å². The quantitative estimate of drug-likeness (QED) is 0.768. The van der Waals surface area contributed by atoms with Crippen molar-refractivity contribution in [1.29, 1.82) is 0 Å². The number of rotatable bonds is 7. The van der Waals surface area contributed by atoms with Crippen molar-refractivity contribution in [1.82, 2.24) is 10.3 Å². The van der Waals surface area contributed by atoms with Crippen LogP contribution in [0.3, 0.4) is 0 Å². The highest BCUT2D eigenvalue weighted by molar-refractivity contribution is 5.80. The normalized spacial score (nSPS) is 12.3. The number of hydrogen-bond acceptors (Lipinski definition) is 4. The molecule has 27 heavy (non-hydrogen) atoms. The predicted octanol–water partition coefficient (Wildman–Crippen LogP) is 3.16. The molecule has 1 amide bonds. The summed E-state index contributed by atoms with van der Waals surface area (Å²) in [5, 5.41) is 11.6. The molecular formula is C18H17F3N2O4. The first-order valence-electron chi connectivity index (χ1n) is 7.91. The van der Waals surface area contributed by atoms with E-state index in [1.807, 2.05) is 0 Å². The summed E-state index contributed by atoms with van der Waals surface area (Å²) < 4.78 is 40.4. The molecule has 1 heterocycles. The van der Waals surface area contributed by atoms with E-state index in [-0.39, 0.29) is 6.42 Å². The standard InChI is InChI=1S/C18H17F3N2O4/c1-11-2-3-12(10-22-11)8-16(24)23-15(9-17(25)26)13-4-6-14(7-5-13)27-18(19,20)21/h2-7,10,15H,8-9H2,1H3,(H,23,24)(H,25,26). The van der Waals surface area contributed by atoms with Gasteiger partial charge in [-0.05, 0) is 36.2 Å². The number of amides is 1. The smallest absolute Gasteiger partial charge is 0.481 e. The molecule has 1 aromatic carbocycles. The Balaban J connectivity index is 2.08. The van der Waals surface area contributed by atoms with Gasteiger partial charge < -0.3 is 15.2 Å². The number of nitrogens with zero attached hydrogens (tertiary/aromatic N) is 1. The highest BCUT2D eigenvalue weighted by Gasteiger charge is 2.31. The highest BCUT2D eigenvalue weighted by Crippen LogP contribution is 2.25. The van der Waals surface area contributed by atoms with Gasteiger partial charge in [0, 0.05) is 11.9 Å². The van der Waals surface area contributed by atoms with Crippen molar-refractivity contribution in [2.24, 2.45) is 0 Å². The van der Waals surface area contributed by atoms with E-state index in [2.05, 4.69) is 15.0 Å². The van der Waals surface area contributed by atoms with Gasteiger partial charge in [-0.15, -0.1) is 13.2 Å². The Bertz CT molecular complexity index is 790. The fraction of sp³-hybridized carbons (Fsp3) is 0.278. The van der Waals surface area contributed by atoms with E-state index in [1.54, 1.807) is 25.3 Å². The monoisotopic (exact) mass is 382 g/mol. The van der Waals surface area contributed by atoms with Gasteiger partial charge in [0.15, 0.2) is 0 Å². The molecule has 0 spiro atoms. The Hall–Kier alpha value is -3.10. The third kappa shape index (κ3) is 6.96. The number of carbonyl (C=O) groups excluding carboxylic acids is 1. The molecule has 0 aliphatic rings. The average Bonchev–Trinajstić information content (AvgIpc) is 2.55. The van der Waals surface area contributed by atoms with Crippen LogP contribution in [0.2, 0.25) is 0 Å². The Morgan fingerprint density at radius 2 is 1.85 bits per heavy atom. The van der Waals surface area contributed by atoms with Crippen molar-refractivity contribution in [3.63, 3.8) is 0 Å². The number of benzene rings is 1. The molecule has 0 aliphatic carbocycles. The summed E-state index contributed by atoms with van der Waals surface area (Å²) in [6.45, 7) is 1.80. The van der Waals surface area contributed by atoms with Crippen LogP contribution in [0.1, 0.15) is 29.3 Å². The molecule has 1 atom stereocenters. The zero-order chi connectivity index (χ0) is 20.0. The fourth-order valence-corrected chi connectivity index (χ4v) is 2.36. The number of nitrogens with one attached hydrogen (secondary N) is 1. The van der Waals surface area contributed by atoms with Gasteiger partial charge in [0.05, 0.1) is 18.9 Å². The Kier molecular flexibility index (Phi) is 6.38. The van der Waals surface area contributed by atoms with Gasteiger partial charge in [-0.1, -0.05) is 18.2 Å². The summed E-state index contributed by atoms with van der Waals surface area (Å²) in [5.74, 6) is -2.02. The van der Waals surface area contributed by atoms with Crippen LogP contribution < -0.4 is 10.1 Å². The lowest BCUT2D eigenvalue weighted by molar-refractivity contribution is -0.274. The minimum absolute atomic E-state index is 0.00132. The third-order valence-corrected chi connectivity index (χ3v) is 3.57. The zero-order valence-electron chi connectivity index (χ0n) is 14.3. The van der Waals surface area contributed by atoms with Gasteiger partial charge in [-0.2, -0.15) is 0 Å². The minimum Gasteiger partial charge on any atom is -0.481 e. The second kappa shape index (κ2) is 8.52. The largest absolute Gasteiger partial charge is 0.573 e. The maximum atomic E-state index is 12.2. The Labute approximate surface area is 153 Å². The number of alkyl halides is 3. The predicted molar refractivity (Wildman–Crippen MR) is 88.9 cm³/mol. The molecule has 2 N–H and O–H groups in total. The van der Waals surface area contributed by atoms with Gasteiger partial charge in [-0.25, -0.2) is 0 Å². The van der Waals surface area contributed by atoms with E-state index in [1.165, 1.54) is 12.1 Å². The molecular weight excluding hydrogens is 365 g/mol. The average molecular weight is 382 g/mol. The molecule has 1 unspecified atom stereocenters. The van der Waals surface area contributed by atoms with Crippen LogP contribution in [0.25, 0.3) is 0 Å². The third-order valence-electron chi connectivity index (χ3n) is 3.57. The summed E-state index contributed by atoms with van der Waals surface area (Å²) in [6.07, 6.45) is -3.70. The number of aryl methyl sites for hydroxylation is 1. The molecule has 0 radical (unpaired) electrons. The van der Waals surface area contributed by atoms with Crippen molar-refractivity contribution < 1.29 is 32.6 Å². The lowest BCUT2D eigenvalue weighted by Crippen LogP contribution is -2.31. The van der Waals surface area contributed by atoms with E-state index in [9.17, 15) is 22.8 Å². The second-order valence-electron chi connectivity index (χ2n) is 5.82. The zero-order valence-corrected chi connectivity index (χ0v) is 14.3. The van der Waals surface area contributed by atoms with Crippen molar-refractivity contribution in [3.8, 4) is 5.75 Å². The molecule has 0 aliphatic heterocycles. The van der Waals surface area contributed by atoms with E-state index >= 15 is 0 Å². The van der Waals surface area contributed by atoms with Gasteiger partial charge in [-0.3, -0.25) is 14.6 Å². The van der Waals surface area contributed by atoms with Gasteiger partial charge in [0.2, 0.25) is 5.91 Å². The number of ether oxygens (including phenoxy) is 1. The molecule has 0 saturated heterocycles. The maximum absolute atomic E-state index is 12.2. The van der Waals surface area contributed by atoms with Crippen LogP contribution in [0.4, 0.5) is 13.2 Å². The first-order chi connectivity index (χ1) is 12.6. The molecule has 2 rings (SSSR count). The maximum Gasteiger partial charge on any atom is 0.573 e. The number of carboxylic acid groups (broad SMARTS) is 1. The van der Waals surface area contributed by atoms with Crippen LogP contribution in [0.15, 0.2) is 42.6 Å². The molecule has 2 aromatic rings. The summed E-state index contributed by atoms with van der Waals surface area (Å²) >= 11 is 0. The van der Waals surface area contributed by atoms with Crippen molar-refractivity contribution in [2.45, 2.75) is 32.2 Å². The molecule has 1 aromatic heterocycles. The summed E-state index contributed by atoms with van der Waals surface area (Å²) in [4.78, 5) is 27.4. The van der Waals surface area contributed by atoms with Crippen LogP contribution >= 0.6 is 0 Å². The van der Waals surface area contributed by atoms with E-state index in [4.69, 9.17) is 5.11 Å². The number of pyridine rings is 1. The number of aliphatic carboxylic acids is 1. The SMILES string of the molecule is Cc1ccc(CC(=O)NC(CC(=O)O)c2ccc(OC(F)(F)F)cc2)cn1. The molecule has 0 bridgehead atoms. The van der Waals surface area contributed by atoms with Crippen LogP contribution in [0, 0.1) is 6.92 Å². The number of hydrogen-bond donors (Lipinski definition) is 2.